The molecule has 14 nitrogen and oxygen atoms in total. The van der Waals surface area contributed by atoms with Crippen molar-refractivity contribution < 1.29 is 57.2 Å². The maximum Gasteiger partial charge on any atom is 0.247 e. The van der Waals surface area contributed by atoms with E-state index in [1.54, 1.807) is 6.92 Å². The van der Waals surface area contributed by atoms with Gasteiger partial charge in [0.1, 0.15) is 39.6 Å². The average molecular weight is 591 g/mol. The lowest BCUT2D eigenvalue weighted by molar-refractivity contribution is -0.132. The smallest absolute Gasteiger partial charge is 0.247 e. The van der Waals surface area contributed by atoms with Crippen LogP contribution in [0.2, 0.25) is 0 Å². The van der Waals surface area contributed by atoms with Crippen LogP contribution in [0.3, 0.4) is 0 Å². The van der Waals surface area contributed by atoms with Crippen LogP contribution in [-0.2, 0) is 57.2 Å². The Morgan fingerprint density at radius 3 is 1.24 bits per heavy atom. The molecule has 2 N–H and O–H groups in total. The highest BCUT2D eigenvalue weighted by molar-refractivity contribution is 5.83. The summed E-state index contributed by atoms with van der Waals surface area (Å²) in [5, 5.41) is 4.92. The van der Waals surface area contributed by atoms with E-state index in [4.69, 9.17) is 23.7 Å². The van der Waals surface area contributed by atoms with Crippen LogP contribution in [-0.4, -0.2) is 122 Å². The molecule has 0 aliphatic rings. The largest absolute Gasteiger partial charge is 0.377 e. The summed E-state index contributed by atoms with van der Waals surface area (Å²) in [6.45, 7) is 0.988. The van der Waals surface area contributed by atoms with Crippen molar-refractivity contribution in [1.29, 1.82) is 0 Å². The van der Waals surface area contributed by atoms with Gasteiger partial charge < -0.3 is 39.1 Å². The number of hydrogen-bond donors (Lipinski definition) is 2. The molecule has 0 heterocycles. The molecule has 0 saturated heterocycles. The molecule has 0 aromatic carbocycles. The molecule has 0 unspecified atom stereocenters. The Kier molecular flexibility index (Phi) is 22.5. The Bertz CT molecular complexity index is 716. The summed E-state index contributed by atoms with van der Waals surface area (Å²) in [5.74, 6) is -1.37. The number of carbonyl (C=O) groups is 6. The Labute approximate surface area is 241 Å². The van der Waals surface area contributed by atoms with Crippen molar-refractivity contribution in [2.75, 3.05) is 87.5 Å². The van der Waals surface area contributed by atoms with E-state index in [-0.39, 0.29) is 121 Å². The third kappa shape index (κ3) is 22.7. The highest BCUT2D eigenvalue weighted by Gasteiger charge is 2.27. The van der Waals surface area contributed by atoms with Crippen molar-refractivity contribution in [2.45, 2.75) is 45.4 Å². The number of carbonyl (C=O) groups excluding carboxylic acids is 6. The predicted octanol–water partition coefficient (Wildman–Crippen LogP) is -0.211. The highest BCUT2D eigenvalue weighted by Crippen LogP contribution is 2.19. The standard InChI is InChI=1S/C27H46N2O12/c1-27(17-39-13-23(32)9-5-7-21(30)11-36-2,18-40-14-24(33)10-6-8-22(31)12-37-3)19-41-16-26(35)29-20-28-25(34)15-38-4/h5-20H2,1-4H3,(H,28,34)(H,29,35). The lowest BCUT2D eigenvalue weighted by Gasteiger charge is -2.28. The molecule has 41 heavy (non-hydrogen) atoms. The fourth-order valence-corrected chi connectivity index (χ4v) is 3.39. The van der Waals surface area contributed by atoms with Gasteiger partial charge in [0.05, 0.1) is 26.5 Å². The monoisotopic (exact) mass is 590 g/mol. The first kappa shape index (κ1) is 38.4. The molecule has 14 heteroatoms. The molecule has 0 bridgehead atoms. The summed E-state index contributed by atoms with van der Waals surface area (Å²) in [5.41, 5.74) is -0.809. The van der Waals surface area contributed by atoms with Crippen LogP contribution in [0.4, 0.5) is 0 Å². The average Bonchev–Trinajstić information content (AvgIpc) is 2.89. The number of Topliss-reactive ketones (excluding diaryl/α,β-unsaturated/α-hetero) is 4. The fraction of sp³-hybridized carbons (Fsp3) is 0.778. The van der Waals surface area contributed by atoms with Gasteiger partial charge in [-0.1, -0.05) is 6.92 Å². The molecule has 0 aromatic rings. The fourth-order valence-electron chi connectivity index (χ4n) is 3.39. The van der Waals surface area contributed by atoms with Crippen LogP contribution >= 0.6 is 0 Å². The first-order valence-corrected chi connectivity index (χ1v) is 13.4. The molecule has 0 aliphatic carbocycles. The van der Waals surface area contributed by atoms with Crippen LogP contribution in [0.1, 0.15) is 45.4 Å². The SMILES string of the molecule is COCC(=O)CCCC(=O)COCC(C)(COCC(=O)CCCC(=O)COC)COCC(=O)NCNC(=O)COC. The maximum absolute atomic E-state index is 12.2. The number of ether oxygens (including phenoxy) is 6. The van der Waals surface area contributed by atoms with E-state index in [0.29, 0.717) is 12.8 Å². The number of hydrogen-bond acceptors (Lipinski definition) is 12. The van der Waals surface area contributed by atoms with Crippen LogP contribution in [0.15, 0.2) is 0 Å². The Balaban J connectivity index is 4.68. The van der Waals surface area contributed by atoms with E-state index in [1.165, 1.54) is 21.3 Å². The van der Waals surface area contributed by atoms with Crippen LogP contribution < -0.4 is 10.6 Å². The van der Waals surface area contributed by atoms with Crippen LogP contribution in [0.5, 0.6) is 0 Å². The van der Waals surface area contributed by atoms with Crippen molar-refractivity contribution >= 4 is 34.9 Å². The first-order valence-electron chi connectivity index (χ1n) is 13.4. The van der Waals surface area contributed by atoms with Crippen LogP contribution in [0.25, 0.3) is 0 Å². The quantitative estimate of drug-likeness (QED) is 0.115. The van der Waals surface area contributed by atoms with Gasteiger partial charge in [0, 0.05) is 52.4 Å². The van der Waals surface area contributed by atoms with Gasteiger partial charge in [0.2, 0.25) is 11.8 Å². The van der Waals surface area contributed by atoms with Gasteiger partial charge in [-0.15, -0.1) is 0 Å². The molecule has 0 saturated carbocycles. The van der Waals surface area contributed by atoms with Crippen molar-refractivity contribution in [3.05, 3.63) is 0 Å². The van der Waals surface area contributed by atoms with Gasteiger partial charge in [-0.05, 0) is 12.8 Å². The number of nitrogens with one attached hydrogen (secondary N) is 2. The van der Waals surface area contributed by atoms with Gasteiger partial charge in [-0.3, -0.25) is 28.8 Å². The van der Waals surface area contributed by atoms with E-state index in [2.05, 4.69) is 15.4 Å². The second kappa shape index (κ2) is 24.0. The third-order valence-electron chi connectivity index (χ3n) is 5.39. The molecule has 236 valence electrons. The van der Waals surface area contributed by atoms with Crippen LogP contribution in [0, 0.1) is 5.41 Å². The summed E-state index contributed by atoms with van der Waals surface area (Å²) >= 11 is 0. The van der Waals surface area contributed by atoms with E-state index in [9.17, 15) is 28.8 Å². The molecule has 0 radical (unpaired) electrons. The molecule has 0 atom stereocenters. The number of methoxy groups -OCH3 is 3. The Morgan fingerprint density at radius 2 is 0.854 bits per heavy atom. The second-order valence-electron chi connectivity index (χ2n) is 9.83. The summed E-state index contributed by atoms with van der Waals surface area (Å²) in [6.07, 6.45) is 1.64. The predicted molar refractivity (Wildman–Crippen MR) is 145 cm³/mol. The minimum absolute atomic E-state index is 0.00980. The van der Waals surface area contributed by atoms with Crippen molar-refractivity contribution in [2.24, 2.45) is 5.41 Å². The lowest BCUT2D eigenvalue weighted by atomic mass is 9.94. The zero-order chi connectivity index (χ0) is 30.9. The van der Waals surface area contributed by atoms with E-state index in [1.807, 2.05) is 0 Å². The first-order chi connectivity index (χ1) is 19.5. The van der Waals surface area contributed by atoms with E-state index in [0.717, 1.165) is 0 Å². The minimum atomic E-state index is -0.809. The molecule has 2 amide bonds. The van der Waals surface area contributed by atoms with E-state index >= 15 is 0 Å². The topological polar surface area (TPSA) is 182 Å². The molecule has 0 fully saturated rings. The molecule has 0 rings (SSSR count). The number of amides is 2. The van der Waals surface area contributed by atoms with Gasteiger partial charge in [0.15, 0.2) is 23.1 Å². The Morgan fingerprint density at radius 1 is 0.512 bits per heavy atom. The normalized spacial score (nSPS) is 11.2. The maximum atomic E-state index is 12.2. The summed E-state index contributed by atoms with van der Waals surface area (Å²) in [4.78, 5) is 70.7. The number of ketones is 4. The minimum Gasteiger partial charge on any atom is -0.377 e. The highest BCUT2D eigenvalue weighted by atomic mass is 16.5. The van der Waals surface area contributed by atoms with E-state index < -0.39 is 11.3 Å². The molecule has 0 aromatic heterocycles. The van der Waals surface area contributed by atoms with Gasteiger partial charge in [-0.25, -0.2) is 0 Å². The van der Waals surface area contributed by atoms with Crippen molar-refractivity contribution in [3.8, 4) is 0 Å². The van der Waals surface area contributed by atoms with Crippen molar-refractivity contribution in [3.63, 3.8) is 0 Å². The number of rotatable bonds is 28. The zero-order valence-corrected chi connectivity index (χ0v) is 24.7. The molecule has 0 aliphatic heterocycles. The molecule has 0 spiro atoms. The lowest BCUT2D eigenvalue weighted by Crippen LogP contribution is -2.41. The Hall–Kier alpha value is -2.62. The molecular formula is C27H46N2O12. The van der Waals surface area contributed by atoms with Gasteiger partial charge >= 0.3 is 0 Å². The van der Waals surface area contributed by atoms with Crippen molar-refractivity contribution in [1.82, 2.24) is 10.6 Å². The molecular weight excluding hydrogens is 544 g/mol. The zero-order valence-electron chi connectivity index (χ0n) is 24.7. The summed E-state index contributed by atoms with van der Waals surface area (Å²) in [7, 11) is 4.24. The summed E-state index contributed by atoms with van der Waals surface area (Å²) in [6, 6.07) is 0. The summed E-state index contributed by atoms with van der Waals surface area (Å²) < 4.78 is 30.9. The third-order valence-corrected chi connectivity index (χ3v) is 5.39. The second-order valence-corrected chi connectivity index (χ2v) is 9.83. The van der Waals surface area contributed by atoms with Gasteiger partial charge in [0.25, 0.3) is 0 Å². The van der Waals surface area contributed by atoms with Gasteiger partial charge in [-0.2, -0.15) is 0 Å².